The van der Waals surface area contributed by atoms with Crippen molar-refractivity contribution in [2.45, 2.75) is 31.7 Å². The summed E-state index contributed by atoms with van der Waals surface area (Å²) in [5.41, 5.74) is 1.68. The van der Waals surface area contributed by atoms with Gasteiger partial charge in [0.25, 0.3) is 5.91 Å². The van der Waals surface area contributed by atoms with Gasteiger partial charge in [-0.1, -0.05) is 11.2 Å². The topological polar surface area (TPSA) is 80.0 Å². The molecule has 25 heavy (non-hydrogen) atoms. The second-order valence-electron chi connectivity index (χ2n) is 6.14. The first kappa shape index (κ1) is 15.8. The van der Waals surface area contributed by atoms with Crippen LogP contribution < -0.4 is 10.6 Å². The largest absolute Gasteiger partial charge is 0.374 e. The molecule has 4 rings (SSSR count). The van der Waals surface area contributed by atoms with Crippen LogP contribution in [0.3, 0.4) is 0 Å². The van der Waals surface area contributed by atoms with Crippen molar-refractivity contribution in [1.29, 1.82) is 0 Å². The van der Waals surface area contributed by atoms with Crippen LogP contribution in [0.15, 0.2) is 46.3 Å². The maximum absolute atomic E-state index is 12.0. The molecule has 1 aliphatic carbocycles. The molecule has 0 saturated heterocycles. The van der Waals surface area contributed by atoms with Gasteiger partial charge in [-0.25, -0.2) is 0 Å². The number of benzene rings is 1. The summed E-state index contributed by atoms with van der Waals surface area (Å²) < 4.78 is 5.34. The quantitative estimate of drug-likeness (QED) is 0.684. The Morgan fingerprint density at radius 3 is 2.68 bits per heavy atom. The number of thiophene rings is 1. The lowest BCUT2D eigenvalue weighted by molar-refractivity contribution is 0.103. The molecule has 3 aromatic rings. The van der Waals surface area contributed by atoms with Crippen molar-refractivity contribution in [3.63, 3.8) is 0 Å². The van der Waals surface area contributed by atoms with E-state index < -0.39 is 0 Å². The highest BCUT2D eigenvalue weighted by Gasteiger charge is 2.29. The van der Waals surface area contributed by atoms with Crippen molar-refractivity contribution in [2.24, 2.45) is 0 Å². The first-order valence-electron chi connectivity index (χ1n) is 8.24. The minimum absolute atomic E-state index is 0.0773. The van der Waals surface area contributed by atoms with Crippen LogP contribution in [0.5, 0.6) is 0 Å². The van der Waals surface area contributed by atoms with Crippen LogP contribution in [0.1, 0.15) is 53.1 Å². The predicted octanol–water partition coefficient (Wildman–Crippen LogP) is 4.43. The zero-order chi connectivity index (χ0) is 17.2. The summed E-state index contributed by atoms with van der Waals surface area (Å²) in [6.07, 6.45) is 2.30. The van der Waals surface area contributed by atoms with E-state index in [1.165, 1.54) is 11.3 Å². The van der Waals surface area contributed by atoms with Gasteiger partial charge in [-0.15, -0.1) is 11.3 Å². The zero-order valence-corrected chi connectivity index (χ0v) is 14.5. The van der Waals surface area contributed by atoms with Gasteiger partial charge in [-0.05, 0) is 55.5 Å². The van der Waals surface area contributed by atoms with E-state index in [1.807, 2.05) is 42.6 Å². The van der Waals surface area contributed by atoms with Crippen molar-refractivity contribution in [3.05, 3.63) is 58.4 Å². The van der Waals surface area contributed by atoms with Crippen LogP contribution in [0.4, 0.5) is 11.4 Å². The van der Waals surface area contributed by atoms with E-state index in [9.17, 15) is 4.79 Å². The van der Waals surface area contributed by atoms with E-state index in [4.69, 9.17) is 4.52 Å². The summed E-state index contributed by atoms with van der Waals surface area (Å²) in [7, 11) is 0. The van der Waals surface area contributed by atoms with Gasteiger partial charge in [0.2, 0.25) is 5.89 Å². The smallest absolute Gasteiger partial charge is 0.265 e. The van der Waals surface area contributed by atoms with Crippen LogP contribution in [-0.2, 0) is 0 Å². The second-order valence-corrected chi connectivity index (χ2v) is 7.09. The van der Waals surface area contributed by atoms with Crippen molar-refractivity contribution >= 4 is 28.6 Å². The Kier molecular flexibility index (Phi) is 4.23. The number of rotatable bonds is 6. The SMILES string of the molecule is C[C@H](Nc1ccc(NC(=O)c2cccs2)cc1)c1nc(C2CC2)no1. The molecule has 1 amide bonds. The molecule has 6 nitrogen and oxygen atoms in total. The molecule has 128 valence electrons. The van der Waals surface area contributed by atoms with Crippen LogP contribution in [0, 0.1) is 0 Å². The first-order chi connectivity index (χ1) is 12.2. The number of nitrogens with one attached hydrogen (secondary N) is 2. The zero-order valence-electron chi connectivity index (χ0n) is 13.7. The molecule has 0 unspecified atom stereocenters. The van der Waals surface area contributed by atoms with E-state index in [1.54, 1.807) is 6.07 Å². The Labute approximate surface area is 149 Å². The molecular formula is C18H18N4O2S. The third kappa shape index (κ3) is 3.71. The van der Waals surface area contributed by atoms with Gasteiger partial charge in [0.1, 0.15) is 6.04 Å². The molecule has 0 spiro atoms. The summed E-state index contributed by atoms with van der Waals surface area (Å²) in [6, 6.07) is 11.1. The number of carbonyl (C=O) groups excluding carboxylic acids is 1. The molecule has 7 heteroatoms. The molecule has 0 bridgehead atoms. The Hall–Kier alpha value is -2.67. The van der Waals surface area contributed by atoms with E-state index in [2.05, 4.69) is 20.8 Å². The highest BCUT2D eigenvalue weighted by molar-refractivity contribution is 7.12. The Morgan fingerprint density at radius 1 is 1.24 bits per heavy atom. The Bertz CT molecular complexity index is 854. The predicted molar refractivity (Wildman–Crippen MR) is 97.0 cm³/mol. The lowest BCUT2D eigenvalue weighted by atomic mass is 10.2. The third-order valence-electron chi connectivity index (χ3n) is 4.04. The van der Waals surface area contributed by atoms with E-state index >= 15 is 0 Å². The van der Waals surface area contributed by atoms with Crippen molar-refractivity contribution in [3.8, 4) is 0 Å². The first-order valence-corrected chi connectivity index (χ1v) is 9.12. The summed E-state index contributed by atoms with van der Waals surface area (Å²) in [6.45, 7) is 1.98. The van der Waals surface area contributed by atoms with E-state index in [0.29, 0.717) is 16.7 Å². The van der Waals surface area contributed by atoms with Crippen molar-refractivity contribution in [2.75, 3.05) is 10.6 Å². The van der Waals surface area contributed by atoms with Gasteiger partial charge < -0.3 is 15.2 Å². The molecule has 0 radical (unpaired) electrons. The van der Waals surface area contributed by atoms with E-state index in [0.717, 1.165) is 30.0 Å². The van der Waals surface area contributed by atoms with E-state index in [-0.39, 0.29) is 11.9 Å². The van der Waals surface area contributed by atoms with Crippen molar-refractivity contribution < 1.29 is 9.32 Å². The number of hydrogen-bond donors (Lipinski definition) is 2. The average molecular weight is 354 g/mol. The lowest BCUT2D eigenvalue weighted by Crippen LogP contribution is -2.10. The maximum Gasteiger partial charge on any atom is 0.265 e. The highest BCUT2D eigenvalue weighted by atomic mass is 32.1. The van der Waals surface area contributed by atoms with Gasteiger partial charge in [-0.2, -0.15) is 4.98 Å². The van der Waals surface area contributed by atoms with Crippen LogP contribution in [-0.4, -0.2) is 16.0 Å². The molecular weight excluding hydrogens is 336 g/mol. The monoisotopic (exact) mass is 354 g/mol. The minimum atomic E-state index is -0.0949. The van der Waals surface area contributed by atoms with Gasteiger partial charge >= 0.3 is 0 Å². The third-order valence-corrected chi connectivity index (χ3v) is 4.91. The molecule has 1 aromatic carbocycles. The Balaban J connectivity index is 1.37. The summed E-state index contributed by atoms with van der Waals surface area (Å²) >= 11 is 1.42. The molecule has 2 aromatic heterocycles. The fraction of sp³-hybridized carbons (Fsp3) is 0.278. The normalized spacial score (nSPS) is 14.9. The van der Waals surface area contributed by atoms with Gasteiger partial charge in [-0.3, -0.25) is 4.79 Å². The molecule has 1 saturated carbocycles. The fourth-order valence-electron chi connectivity index (χ4n) is 2.49. The molecule has 2 heterocycles. The fourth-order valence-corrected chi connectivity index (χ4v) is 3.11. The van der Waals surface area contributed by atoms with Crippen molar-refractivity contribution in [1.82, 2.24) is 10.1 Å². The van der Waals surface area contributed by atoms with Gasteiger partial charge in [0, 0.05) is 17.3 Å². The minimum Gasteiger partial charge on any atom is -0.374 e. The summed E-state index contributed by atoms with van der Waals surface area (Å²) in [5.74, 6) is 1.80. The summed E-state index contributed by atoms with van der Waals surface area (Å²) in [4.78, 5) is 17.2. The number of aromatic nitrogens is 2. The number of carbonyl (C=O) groups is 1. The van der Waals surface area contributed by atoms with Crippen LogP contribution in [0.25, 0.3) is 0 Å². The van der Waals surface area contributed by atoms with Gasteiger partial charge in [0.05, 0.1) is 4.88 Å². The number of hydrogen-bond acceptors (Lipinski definition) is 6. The highest BCUT2D eigenvalue weighted by Crippen LogP contribution is 2.38. The second kappa shape index (κ2) is 6.68. The molecule has 0 aliphatic heterocycles. The Morgan fingerprint density at radius 2 is 2.00 bits per heavy atom. The lowest BCUT2D eigenvalue weighted by Gasteiger charge is -2.12. The number of amides is 1. The average Bonchev–Trinajstić information content (AvgIpc) is 3.13. The molecule has 1 aliphatic rings. The molecule has 1 atom stereocenters. The molecule has 1 fully saturated rings. The van der Waals surface area contributed by atoms with Crippen LogP contribution >= 0.6 is 11.3 Å². The number of nitrogens with zero attached hydrogens (tertiary/aromatic N) is 2. The van der Waals surface area contributed by atoms with Crippen LogP contribution in [0.2, 0.25) is 0 Å². The molecule has 2 N–H and O–H groups in total. The maximum atomic E-state index is 12.0. The summed E-state index contributed by atoms with van der Waals surface area (Å²) in [5, 5.41) is 12.1. The number of anilines is 2. The van der Waals surface area contributed by atoms with Gasteiger partial charge in [0.15, 0.2) is 5.82 Å². The standard InChI is InChI=1S/C18H18N4O2S/c1-11(18-21-16(22-24-18)12-4-5-12)19-13-6-8-14(9-7-13)20-17(23)15-3-2-10-25-15/h2-3,6-12,19H,4-5H2,1H3,(H,20,23)/t11-/m0/s1.